The molecule has 0 fully saturated rings. The number of carbonyl (C=O) groups excluding carboxylic acids is 1. The lowest BCUT2D eigenvalue weighted by Gasteiger charge is -2.05. The van der Waals surface area contributed by atoms with E-state index in [2.05, 4.69) is 14.8 Å². The number of benzene rings is 1. The van der Waals surface area contributed by atoms with E-state index in [1.807, 2.05) is 32.0 Å². The summed E-state index contributed by atoms with van der Waals surface area (Å²) in [5, 5.41) is 3.33. The van der Waals surface area contributed by atoms with Crippen molar-refractivity contribution in [1.29, 1.82) is 0 Å². The summed E-state index contributed by atoms with van der Waals surface area (Å²) in [6.45, 7) is 3.91. The molecule has 0 heterocycles. The maximum absolute atomic E-state index is 11.3. The summed E-state index contributed by atoms with van der Waals surface area (Å²) in [4.78, 5) is 14.0. The number of ether oxygens (including phenoxy) is 1. The molecule has 0 aliphatic rings. The minimum atomic E-state index is -0.649. The topological polar surface area (TPSA) is 75.1 Å². The number of rotatable bonds is 3. The molecule has 0 aliphatic carbocycles. The molecule has 0 saturated heterocycles. The normalized spacial score (nSPS) is 10.6. The number of esters is 1. The average Bonchev–Trinajstić information content (AvgIpc) is 2.33. The maximum atomic E-state index is 11.3. The largest absolute Gasteiger partial charge is 0.466 e. The third-order valence-corrected chi connectivity index (χ3v) is 2.49. The lowest BCUT2D eigenvalue weighted by atomic mass is 10.0. The van der Waals surface area contributed by atoms with Gasteiger partial charge in [0.2, 0.25) is 0 Å². The number of azide groups is 1. The summed E-state index contributed by atoms with van der Waals surface area (Å²) >= 11 is 0. The third-order valence-electron chi connectivity index (χ3n) is 2.49. The van der Waals surface area contributed by atoms with Gasteiger partial charge in [-0.15, -0.1) is 0 Å². The molecule has 0 unspecified atom stereocenters. The van der Waals surface area contributed by atoms with Crippen molar-refractivity contribution in [3.63, 3.8) is 0 Å². The van der Waals surface area contributed by atoms with Crippen molar-refractivity contribution in [2.24, 2.45) is 5.11 Å². The lowest BCUT2D eigenvalue weighted by molar-refractivity contribution is -0.136. The van der Waals surface area contributed by atoms with Crippen LogP contribution in [0, 0.1) is 13.8 Å². The van der Waals surface area contributed by atoms with Crippen LogP contribution < -0.4 is 0 Å². The number of nitrogens with zero attached hydrogens (tertiary/aromatic N) is 3. The zero-order chi connectivity index (χ0) is 12.8. The average molecular weight is 231 g/mol. The third kappa shape index (κ3) is 3.09. The first-order valence-electron chi connectivity index (χ1n) is 5.01. The van der Waals surface area contributed by atoms with Gasteiger partial charge in [-0.25, -0.2) is 4.79 Å². The van der Waals surface area contributed by atoms with Gasteiger partial charge in [0.15, 0.2) is 0 Å². The second-order valence-corrected chi connectivity index (χ2v) is 3.50. The van der Waals surface area contributed by atoms with Gasteiger partial charge in [-0.3, -0.25) is 0 Å². The fraction of sp³-hybridized carbons (Fsp3) is 0.250. The van der Waals surface area contributed by atoms with Crippen LogP contribution in [-0.4, -0.2) is 13.1 Å². The van der Waals surface area contributed by atoms with Crippen LogP contribution in [0.5, 0.6) is 0 Å². The van der Waals surface area contributed by atoms with Crippen LogP contribution >= 0.6 is 0 Å². The molecular weight excluding hydrogens is 218 g/mol. The minimum Gasteiger partial charge on any atom is -0.466 e. The van der Waals surface area contributed by atoms with Gasteiger partial charge in [-0.05, 0) is 42.1 Å². The molecule has 1 rings (SSSR count). The van der Waals surface area contributed by atoms with Crippen LogP contribution in [0.1, 0.15) is 16.7 Å². The molecule has 0 radical (unpaired) electrons. The molecule has 0 spiro atoms. The standard InChI is InChI=1S/C12H13N3O2/c1-8-5-4-6-10(9(8)2)7-11(14-15-13)12(16)17-3/h4-7H,1-3H3/b11-7-. The molecule has 0 N–H and O–H groups in total. The van der Waals surface area contributed by atoms with Gasteiger partial charge in [-0.2, -0.15) is 0 Å². The number of hydrogen-bond donors (Lipinski definition) is 0. The minimum absolute atomic E-state index is 0.0521. The van der Waals surface area contributed by atoms with Gasteiger partial charge in [0.25, 0.3) is 0 Å². The van der Waals surface area contributed by atoms with Crippen molar-refractivity contribution in [2.45, 2.75) is 13.8 Å². The second kappa shape index (κ2) is 5.72. The van der Waals surface area contributed by atoms with Crippen molar-refractivity contribution in [3.8, 4) is 0 Å². The van der Waals surface area contributed by atoms with Gasteiger partial charge in [0.05, 0.1) is 7.11 Å². The lowest BCUT2D eigenvalue weighted by Crippen LogP contribution is -2.02. The summed E-state index contributed by atoms with van der Waals surface area (Å²) in [5.74, 6) is -0.649. The molecule has 0 saturated carbocycles. The Bertz CT molecular complexity index is 514. The van der Waals surface area contributed by atoms with Crippen LogP contribution in [-0.2, 0) is 9.53 Å². The zero-order valence-corrected chi connectivity index (χ0v) is 9.97. The zero-order valence-electron chi connectivity index (χ0n) is 9.97. The van der Waals surface area contributed by atoms with Gasteiger partial charge in [0.1, 0.15) is 5.70 Å². The van der Waals surface area contributed by atoms with Crippen molar-refractivity contribution in [2.75, 3.05) is 7.11 Å². The Balaban J connectivity index is 3.26. The summed E-state index contributed by atoms with van der Waals surface area (Å²) in [5.41, 5.74) is 11.3. The van der Waals surface area contributed by atoms with E-state index in [1.165, 1.54) is 13.2 Å². The van der Waals surface area contributed by atoms with E-state index in [0.717, 1.165) is 16.7 Å². The summed E-state index contributed by atoms with van der Waals surface area (Å²) < 4.78 is 4.54. The molecule has 0 bridgehead atoms. The summed E-state index contributed by atoms with van der Waals surface area (Å²) in [7, 11) is 1.24. The fourth-order valence-electron chi connectivity index (χ4n) is 1.36. The highest BCUT2D eigenvalue weighted by atomic mass is 16.5. The van der Waals surface area contributed by atoms with E-state index in [4.69, 9.17) is 5.53 Å². The Kier molecular flexibility index (Phi) is 4.31. The van der Waals surface area contributed by atoms with Crippen LogP contribution in [0.2, 0.25) is 0 Å². The Morgan fingerprint density at radius 1 is 1.47 bits per heavy atom. The monoisotopic (exact) mass is 231 g/mol. The van der Waals surface area contributed by atoms with Crippen molar-refractivity contribution >= 4 is 12.0 Å². The summed E-state index contributed by atoms with van der Waals surface area (Å²) in [6.07, 6.45) is 1.52. The molecule has 0 aliphatic heterocycles. The smallest absolute Gasteiger partial charge is 0.340 e. The Morgan fingerprint density at radius 2 is 2.18 bits per heavy atom. The molecule has 0 amide bonds. The van der Waals surface area contributed by atoms with Gasteiger partial charge in [0, 0.05) is 4.91 Å². The van der Waals surface area contributed by atoms with Gasteiger partial charge >= 0.3 is 5.97 Å². The Labute approximate surface area is 99.3 Å². The maximum Gasteiger partial charge on any atom is 0.340 e. The molecule has 5 nitrogen and oxygen atoms in total. The van der Waals surface area contributed by atoms with Crippen LogP contribution in [0.4, 0.5) is 0 Å². The molecule has 0 atom stereocenters. The van der Waals surface area contributed by atoms with E-state index >= 15 is 0 Å². The van der Waals surface area contributed by atoms with Crippen molar-refractivity contribution < 1.29 is 9.53 Å². The molecule has 1 aromatic carbocycles. The first-order valence-corrected chi connectivity index (χ1v) is 5.01. The summed E-state index contributed by atoms with van der Waals surface area (Å²) in [6, 6.07) is 5.69. The van der Waals surface area contributed by atoms with E-state index in [-0.39, 0.29) is 5.70 Å². The van der Waals surface area contributed by atoms with Crippen molar-refractivity contribution in [1.82, 2.24) is 0 Å². The highest BCUT2D eigenvalue weighted by molar-refractivity contribution is 5.93. The molecule has 1 aromatic rings. The van der Waals surface area contributed by atoms with E-state index < -0.39 is 5.97 Å². The van der Waals surface area contributed by atoms with Gasteiger partial charge in [-0.1, -0.05) is 23.3 Å². The Hall–Kier alpha value is -2.26. The molecule has 17 heavy (non-hydrogen) atoms. The number of hydrogen-bond acceptors (Lipinski definition) is 3. The molecule has 0 aromatic heterocycles. The first-order chi connectivity index (χ1) is 8.10. The van der Waals surface area contributed by atoms with Crippen molar-refractivity contribution in [3.05, 3.63) is 51.0 Å². The number of methoxy groups -OCH3 is 1. The van der Waals surface area contributed by atoms with E-state index in [0.29, 0.717) is 0 Å². The number of carbonyl (C=O) groups is 1. The molecule has 88 valence electrons. The predicted octanol–water partition coefficient (Wildman–Crippen LogP) is 3.13. The first kappa shape index (κ1) is 12.8. The predicted molar refractivity (Wildman–Crippen MR) is 65.1 cm³/mol. The van der Waals surface area contributed by atoms with Gasteiger partial charge < -0.3 is 4.74 Å². The second-order valence-electron chi connectivity index (χ2n) is 3.50. The fourth-order valence-corrected chi connectivity index (χ4v) is 1.36. The van der Waals surface area contributed by atoms with Crippen LogP contribution in [0.3, 0.4) is 0 Å². The van der Waals surface area contributed by atoms with E-state index in [9.17, 15) is 4.79 Å². The van der Waals surface area contributed by atoms with E-state index in [1.54, 1.807) is 0 Å². The number of aryl methyl sites for hydroxylation is 1. The molecule has 5 heteroatoms. The Morgan fingerprint density at radius 3 is 2.76 bits per heavy atom. The quantitative estimate of drug-likeness (QED) is 0.263. The van der Waals surface area contributed by atoms with Crippen LogP contribution in [0.15, 0.2) is 29.0 Å². The molecular formula is C12H13N3O2. The highest BCUT2D eigenvalue weighted by Crippen LogP contribution is 2.17. The SMILES string of the molecule is COC(=O)/C(=C/c1cccc(C)c1C)N=[N+]=[N-]. The van der Waals surface area contributed by atoms with Crippen LogP contribution in [0.25, 0.3) is 16.5 Å². The highest BCUT2D eigenvalue weighted by Gasteiger charge is 2.08.